The molecular weight excluding hydrogens is 157 g/mol. The second-order valence-electron chi connectivity index (χ2n) is 2.60. The molecule has 12 heavy (non-hydrogen) atoms. The number of halogens is 1. The number of ether oxygens (including phenoxy) is 1. The first kappa shape index (κ1) is 9.16. The fraction of sp³-hybridized carbons (Fsp3) is 0.333. The maximum Gasteiger partial charge on any atom is 0.123 e. The Morgan fingerprint density at radius 2 is 2.00 bits per heavy atom. The molecule has 0 saturated carbocycles. The van der Waals surface area contributed by atoms with Crippen LogP contribution in [0.3, 0.4) is 0 Å². The molecule has 0 radical (unpaired) electrons. The normalized spacial score (nSPS) is 10.2. The van der Waals surface area contributed by atoms with Crippen LogP contribution in [0.2, 0.25) is 0 Å². The Bertz CT molecular complexity index is 263. The molecule has 1 aromatic carbocycles. The molecule has 0 bridgehead atoms. The molecular formula is C9H12FNO. The van der Waals surface area contributed by atoms with Gasteiger partial charge in [-0.25, -0.2) is 4.39 Å². The van der Waals surface area contributed by atoms with Crippen LogP contribution >= 0.6 is 0 Å². The van der Waals surface area contributed by atoms with Crippen molar-refractivity contribution in [1.29, 1.82) is 0 Å². The van der Waals surface area contributed by atoms with E-state index in [2.05, 4.69) is 0 Å². The van der Waals surface area contributed by atoms with E-state index in [9.17, 15) is 4.39 Å². The lowest BCUT2D eigenvalue weighted by atomic mass is 10.1. The van der Waals surface area contributed by atoms with Gasteiger partial charge in [0.1, 0.15) is 5.82 Å². The van der Waals surface area contributed by atoms with Crippen molar-refractivity contribution in [1.82, 2.24) is 0 Å². The SMILES string of the molecule is COCc1cc(F)cc(CN)c1. The van der Waals surface area contributed by atoms with Crippen molar-refractivity contribution in [2.24, 2.45) is 5.73 Å². The zero-order chi connectivity index (χ0) is 8.97. The zero-order valence-corrected chi connectivity index (χ0v) is 7.01. The van der Waals surface area contributed by atoms with Crippen LogP contribution in [0.1, 0.15) is 11.1 Å². The molecule has 2 N–H and O–H groups in total. The van der Waals surface area contributed by atoms with Crippen molar-refractivity contribution in [2.75, 3.05) is 7.11 Å². The van der Waals surface area contributed by atoms with Crippen LogP contribution in [0.25, 0.3) is 0 Å². The summed E-state index contributed by atoms with van der Waals surface area (Å²) in [5.41, 5.74) is 6.99. The minimum Gasteiger partial charge on any atom is -0.380 e. The summed E-state index contributed by atoms with van der Waals surface area (Å²) < 4.78 is 17.7. The summed E-state index contributed by atoms with van der Waals surface area (Å²) in [4.78, 5) is 0. The summed E-state index contributed by atoms with van der Waals surface area (Å²) in [5, 5.41) is 0. The summed E-state index contributed by atoms with van der Waals surface area (Å²) in [6, 6.07) is 4.72. The van der Waals surface area contributed by atoms with Gasteiger partial charge in [-0.15, -0.1) is 0 Å². The van der Waals surface area contributed by atoms with E-state index in [0.29, 0.717) is 13.2 Å². The van der Waals surface area contributed by atoms with E-state index in [-0.39, 0.29) is 5.82 Å². The van der Waals surface area contributed by atoms with Gasteiger partial charge in [0.25, 0.3) is 0 Å². The number of hydrogen-bond acceptors (Lipinski definition) is 2. The van der Waals surface area contributed by atoms with Crippen LogP contribution in [-0.4, -0.2) is 7.11 Å². The van der Waals surface area contributed by atoms with Gasteiger partial charge < -0.3 is 10.5 Å². The lowest BCUT2D eigenvalue weighted by Crippen LogP contribution is -1.99. The molecule has 0 aliphatic rings. The molecule has 1 rings (SSSR count). The monoisotopic (exact) mass is 169 g/mol. The Labute approximate surface area is 71.1 Å². The van der Waals surface area contributed by atoms with Gasteiger partial charge in [-0.1, -0.05) is 6.07 Å². The van der Waals surface area contributed by atoms with Gasteiger partial charge in [0, 0.05) is 13.7 Å². The summed E-state index contributed by atoms with van der Waals surface area (Å²) in [5.74, 6) is -0.259. The predicted octanol–water partition coefficient (Wildman–Crippen LogP) is 1.43. The first-order valence-electron chi connectivity index (χ1n) is 3.73. The van der Waals surface area contributed by atoms with E-state index in [4.69, 9.17) is 10.5 Å². The molecule has 0 aliphatic heterocycles. The second-order valence-corrected chi connectivity index (χ2v) is 2.60. The molecule has 0 spiro atoms. The van der Waals surface area contributed by atoms with Crippen molar-refractivity contribution >= 4 is 0 Å². The third-order valence-corrected chi connectivity index (χ3v) is 1.56. The Hall–Kier alpha value is -0.930. The van der Waals surface area contributed by atoms with E-state index in [1.807, 2.05) is 6.07 Å². The average molecular weight is 169 g/mol. The molecule has 3 heteroatoms. The molecule has 0 heterocycles. The number of methoxy groups -OCH3 is 1. The fourth-order valence-electron chi connectivity index (χ4n) is 1.09. The van der Waals surface area contributed by atoms with Crippen molar-refractivity contribution in [3.63, 3.8) is 0 Å². The van der Waals surface area contributed by atoms with Gasteiger partial charge in [-0.2, -0.15) is 0 Å². The number of nitrogens with two attached hydrogens (primary N) is 1. The third kappa shape index (κ3) is 2.29. The lowest BCUT2D eigenvalue weighted by Gasteiger charge is -2.02. The van der Waals surface area contributed by atoms with Crippen LogP contribution in [0.5, 0.6) is 0 Å². The number of rotatable bonds is 3. The molecule has 0 aliphatic carbocycles. The van der Waals surface area contributed by atoms with Gasteiger partial charge in [-0.05, 0) is 23.3 Å². The number of benzene rings is 1. The van der Waals surface area contributed by atoms with Gasteiger partial charge in [-0.3, -0.25) is 0 Å². The maximum absolute atomic E-state index is 12.8. The molecule has 1 aromatic rings. The van der Waals surface area contributed by atoms with E-state index in [1.54, 1.807) is 7.11 Å². The first-order valence-corrected chi connectivity index (χ1v) is 3.73. The Morgan fingerprint density at radius 1 is 1.33 bits per heavy atom. The number of hydrogen-bond donors (Lipinski definition) is 1. The summed E-state index contributed by atoms with van der Waals surface area (Å²) >= 11 is 0. The van der Waals surface area contributed by atoms with E-state index in [0.717, 1.165) is 11.1 Å². The molecule has 0 aromatic heterocycles. The van der Waals surface area contributed by atoms with Crippen LogP contribution in [0, 0.1) is 5.82 Å². The molecule has 2 nitrogen and oxygen atoms in total. The van der Waals surface area contributed by atoms with Gasteiger partial charge >= 0.3 is 0 Å². The molecule has 0 amide bonds. The minimum atomic E-state index is -0.259. The van der Waals surface area contributed by atoms with Gasteiger partial charge in [0.05, 0.1) is 6.61 Å². The van der Waals surface area contributed by atoms with Crippen LogP contribution < -0.4 is 5.73 Å². The Morgan fingerprint density at radius 3 is 2.58 bits per heavy atom. The van der Waals surface area contributed by atoms with E-state index >= 15 is 0 Å². The molecule has 0 fully saturated rings. The first-order chi connectivity index (χ1) is 5.76. The average Bonchev–Trinajstić information content (AvgIpc) is 2.04. The summed E-state index contributed by atoms with van der Waals surface area (Å²) in [6.45, 7) is 0.777. The van der Waals surface area contributed by atoms with Crippen molar-refractivity contribution in [3.8, 4) is 0 Å². The highest BCUT2D eigenvalue weighted by Crippen LogP contribution is 2.09. The maximum atomic E-state index is 12.8. The van der Waals surface area contributed by atoms with Gasteiger partial charge in [0.15, 0.2) is 0 Å². The van der Waals surface area contributed by atoms with Crippen molar-refractivity contribution in [2.45, 2.75) is 13.2 Å². The fourth-order valence-corrected chi connectivity index (χ4v) is 1.09. The van der Waals surface area contributed by atoms with Gasteiger partial charge in [0.2, 0.25) is 0 Å². The Kier molecular flexibility index (Phi) is 3.19. The minimum absolute atomic E-state index is 0.259. The quantitative estimate of drug-likeness (QED) is 0.742. The lowest BCUT2D eigenvalue weighted by molar-refractivity contribution is 0.184. The predicted molar refractivity (Wildman–Crippen MR) is 45.0 cm³/mol. The van der Waals surface area contributed by atoms with Crippen molar-refractivity contribution in [3.05, 3.63) is 35.1 Å². The highest BCUT2D eigenvalue weighted by Gasteiger charge is 1.98. The highest BCUT2D eigenvalue weighted by atomic mass is 19.1. The molecule has 0 unspecified atom stereocenters. The van der Waals surface area contributed by atoms with Crippen LogP contribution in [-0.2, 0) is 17.9 Å². The molecule has 0 atom stereocenters. The topological polar surface area (TPSA) is 35.2 Å². The van der Waals surface area contributed by atoms with E-state index in [1.165, 1.54) is 12.1 Å². The summed E-state index contributed by atoms with van der Waals surface area (Å²) in [6.07, 6.45) is 0. The third-order valence-electron chi connectivity index (χ3n) is 1.56. The molecule has 0 saturated heterocycles. The zero-order valence-electron chi connectivity index (χ0n) is 7.01. The summed E-state index contributed by atoms with van der Waals surface area (Å²) in [7, 11) is 1.58. The molecule has 66 valence electrons. The standard InChI is InChI=1S/C9H12FNO/c1-12-6-8-2-7(5-11)3-9(10)4-8/h2-4H,5-6,11H2,1H3. The highest BCUT2D eigenvalue weighted by molar-refractivity contribution is 5.23. The largest absolute Gasteiger partial charge is 0.380 e. The van der Waals surface area contributed by atoms with E-state index < -0.39 is 0 Å². The Balaban J connectivity index is 2.90. The van der Waals surface area contributed by atoms with Crippen LogP contribution in [0.4, 0.5) is 4.39 Å². The smallest absolute Gasteiger partial charge is 0.123 e. The van der Waals surface area contributed by atoms with Crippen molar-refractivity contribution < 1.29 is 9.13 Å². The second kappa shape index (κ2) is 4.18. The van der Waals surface area contributed by atoms with Crippen LogP contribution in [0.15, 0.2) is 18.2 Å².